The highest BCUT2D eigenvalue weighted by molar-refractivity contribution is 5.84. The minimum absolute atomic E-state index is 0.182. The van der Waals surface area contributed by atoms with Gasteiger partial charge in [-0.2, -0.15) is 0 Å². The third-order valence-corrected chi connectivity index (χ3v) is 7.93. The van der Waals surface area contributed by atoms with E-state index in [0.717, 1.165) is 41.4 Å². The summed E-state index contributed by atoms with van der Waals surface area (Å²) in [6.45, 7) is 3.92. The molecule has 39 heavy (non-hydrogen) atoms. The first kappa shape index (κ1) is 26.8. The number of methoxy groups -OCH3 is 1. The summed E-state index contributed by atoms with van der Waals surface area (Å²) in [5.41, 5.74) is 2.73. The molecule has 1 aliphatic heterocycles. The van der Waals surface area contributed by atoms with Gasteiger partial charge in [0.05, 0.1) is 19.4 Å². The minimum atomic E-state index is -0.745. The predicted octanol–water partition coefficient (Wildman–Crippen LogP) is 5.19. The molecule has 2 aliphatic rings. The molecule has 5 rings (SSSR count). The molecule has 1 N–H and O–H groups in total. The Hall–Kier alpha value is -3.81. The van der Waals surface area contributed by atoms with Crippen LogP contribution in [0.15, 0.2) is 59.0 Å². The first-order chi connectivity index (χ1) is 19.0. The Bertz CT molecular complexity index is 1240. The van der Waals surface area contributed by atoms with Crippen LogP contribution in [0.2, 0.25) is 0 Å². The summed E-state index contributed by atoms with van der Waals surface area (Å²) in [4.78, 5) is 32.0. The van der Waals surface area contributed by atoms with Gasteiger partial charge in [0.2, 0.25) is 5.89 Å². The third kappa shape index (κ3) is 6.61. The van der Waals surface area contributed by atoms with Crippen molar-refractivity contribution in [2.45, 2.75) is 51.5 Å². The fourth-order valence-corrected chi connectivity index (χ4v) is 5.73. The summed E-state index contributed by atoms with van der Waals surface area (Å²) in [6, 6.07) is 16.5. The fourth-order valence-electron chi connectivity index (χ4n) is 5.73. The molecule has 8 nitrogen and oxygen atoms in total. The lowest BCUT2D eigenvalue weighted by Crippen LogP contribution is -2.48. The van der Waals surface area contributed by atoms with Crippen LogP contribution >= 0.6 is 0 Å². The summed E-state index contributed by atoms with van der Waals surface area (Å²) in [7, 11) is 1.35. The molecule has 1 aliphatic carbocycles. The van der Waals surface area contributed by atoms with E-state index in [0.29, 0.717) is 37.2 Å². The molecule has 1 unspecified atom stereocenters. The topological polar surface area (TPSA) is 93.9 Å². The molecule has 2 fully saturated rings. The van der Waals surface area contributed by atoms with Crippen LogP contribution in [0, 0.1) is 18.8 Å². The molecule has 206 valence electrons. The van der Waals surface area contributed by atoms with Crippen molar-refractivity contribution < 1.29 is 23.5 Å². The summed E-state index contributed by atoms with van der Waals surface area (Å²) in [6.07, 6.45) is 5.84. The van der Waals surface area contributed by atoms with E-state index >= 15 is 0 Å². The summed E-state index contributed by atoms with van der Waals surface area (Å²) in [5, 5.41) is 2.92. The first-order valence-electron chi connectivity index (χ1n) is 13.9. The van der Waals surface area contributed by atoms with Crippen LogP contribution in [0.3, 0.4) is 0 Å². The fraction of sp³-hybridized carbons (Fsp3) is 0.452. The monoisotopic (exact) mass is 531 g/mol. The number of likely N-dealkylation sites (tertiary alicyclic amines) is 1. The molecular formula is C31H37N3O5. The van der Waals surface area contributed by atoms with E-state index in [4.69, 9.17) is 13.9 Å². The number of oxazole rings is 1. The van der Waals surface area contributed by atoms with Gasteiger partial charge in [-0.3, -0.25) is 0 Å². The van der Waals surface area contributed by atoms with Crippen LogP contribution in [0.25, 0.3) is 11.5 Å². The van der Waals surface area contributed by atoms with E-state index in [1.54, 1.807) is 0 Å². The molecule has 1 saturated carbocycles. The number of amides is 2. The van der Waals surface area contributed by atoms with Crippen LogP contribution in [-0.4, -0.2) is 54.7 Å². The zero-order valence-electron chi connectivity index (χ0n) is 22.7. The number of nitrogens with one attached hydrogen (secondary N) is 1. The molecular weight excluding hydrogens is 494 g/mol. The van der Waals surface area contributed by atoms with Crippen molar-refractivity contribution in [1.29, 1.82) is 0 Å². The normalized spacial score (nSPS) is 19.3. The molecule has 0 spiro atoms. The Labute approximate surface area is 229 Å². The van der Waals surface area contributed by atoms with Crippen molar-refractivity contribution >= 4 is 12.0 Å². The quantitative estimate of drug-likeness (QED) is 0.382. The highest BCUT2D eigenvalue weighted by atomic mass is 16.5. The van der Waals surface area contributed by atoms with Gasteiger partial charge in [0.25, 0.3) is 0 Å². The maximum Gasteiger partial charge on any atom is 0.328 e. The number of esters is 1. The van der Waals surface area contributed by atoms with Gasteiger partial charge in [-0.1, -0.05) is 43.2 Å². The predicted molar refractivity (Wildman–Crippen MR) is 147 cm³/mol. The molecule has 2 heterocycles. The van der Waals surface area contributed by atoms with E-state index in [1.807, 2.05) is 66.4 Å². The number of ether oxygens (including phenoxy) is 2. The second kappa shape index (κ2) is 12.4. The number of urea groups is 1. The minimum Gasteiger partial charge on any atom is -0.493 e. The van der Waals surface area contributed by atoms with Gasteiger partial charge in [-0.15, -0.1) is 0 Å². The van der Waals surface area contributed by atoms with E-state index in [-0.39, 0.29) is 6.03 Å². The number of carbonyl (C=O) groups is 2. The molecule has 2 amide bonds. The van der Waals surface area contributed by atoms with Crippen LogP contribution < -0.4 is 10.1 Å². The van der Waals surface area contributed by atoms with E-state index < -0.39 is 12.0 Å². The van der Waals surface area contributed by atoms with E-state index in [2.05, 4.69) is 10.3 Å². The lowest BCUT2D eigenvalue weighted by Gasteiger charge is -2.22. The Morgan fingerprint density at radius 2 is 1.74 bits per heavy atom. The summed E-state index contributed by atoms with van der Waals surface area (Å²) >= 11 is 0. The number of fused-ring (bicyclic) bond motifs is 1. The molecule has 0 radical (unpaired) electrons. The second-order valence-corrected chi connectivity index (χ2v) is 10.6. The van der Waals surface area contributed by atoms with Crippen molar-refractivity contribution in [1.82, 2.24) is 15.2 Å². The highest BCUT2D eigenvalue weighted by Gasteiger charge is 2.37. The number of hydrogen-bond donors (Lipinski definition) is 1. The Kier molecular flexibility index (Phi) is 8.49. The van der Waals surface area contributed by atoms with Crippen molar-refractivity contribution in [2.75, 3.05) is 26.8 Å². The average Bonchev–Trinajstić information content (AvgIpc) is 3.57. The standard InChI is InChI=1S/C31H37N3O5/c1-21-27(32-29(39-21)23-8-4-3-5-9-23)16-17-38-26-14-12-22(13-15-26)18-28(30(35)37-2)33-31(36)34-19-24-10-6-7-11-25(24)20-34/h3-5,8-9,12-15,24-25,28H,6-7,10-11,16-20H2,1-2H3,(H,33,36)/t24-,25+,28?. The Balaban J connectivity index is 1.13. The smallest absolute Gasteiger partial charge is 0.328 e. The average molecular weight is 532 g/mol. The van der Waals surface area contributed by atoms with Gasteiger partial charge in [-0.05, 0) is 61.4 Å². The number of carbonyl (C=O) groups excluding carboxylic acids is 2. The Morgan fingerprint density at radius 1 is 1.05 bits per heavy atom. The number of benzene rings is 2. The molecule has 1 aromatic heterocycles. The largest absolute Gasteiger partial charge is 0.493 e. The summed E-state index contributed by atoms with van der Waals surface area (Å²) < 4.78 is 16.8. The second-order valence-electron chi connectivity index (χ2n) is 10.6. The number of aryl methyl sites for hydroxylation is 1. The van der Waals surface area contributed by atoms with Crippen molar-refractivity contribution in [3.8, 4) is 17.2 Å². The van der Waals surface area contributed by atoms with Crippen LogP contribution in [-0.2, 0) is 22.4 Å². The lowest BCUT2D eigenvalue weighted by atomic mass is 9.82. The number of aromatic nitrogens is 1. The SMILES string of the molecule is COC(=O)C(Cc1ccc(OCCc2nc(-c3ccccc3)oc2C)cc1)NC(=O)N1C[C@H]2CCCC[C@H]2C1. The van der Waals surface area contributed by atoms with Crippen LogP contribution in [0.1, 0.15) is 42.7 Å². The molecule has 2 aromatic carbocycles. The number of rotatable bonds is 9. The zero-order chi connectivity index (χ0) is 27.2. The van der Waals surface area contributed by atoms with Gasteiger partial charge < -0.3 is 24.1 Å². The van der Waals surface area contributed by atoms with Crippen molar-refractivity contribution in [2.24, 2.45) is 11.8 Å². The molecule has 3 atom stereocenters. The molecule has 3 aromatic rings. The maximum atomic E-state index is 13.0. The van der Waals surface area contributed by atoms with Crippen LogP contribution in [0.5, 0.6) is 5.75 Å². The van der Waals surface area contributed by atoms with Gasteiger partial charge in [0.1, 0.15) is 17.6 Å². The lowest BCUT2D eigenvalue weighted by molar-refractivity contribution is -0.142. The van der Waals surface area contributed by atoms with Gasteiger partial charge in [0.15, 0.2) is 0 Å². The van der Waals surface area contributed by atoms with Crippen molar-refractivity contribution in [3.63, 3.8) is 0 Å². The number of hydrogen-bond acceptors (Lipinski definition) is 6. The van der Waals surface area contributed by atoms with Gasteiger partial charge in [0, 0.05) is 31.5 Å². The zero-order valence-corrected chi connectivity index (χ0v) is 22.7. The molecule has 8 heteroatoms. The van der Waals surface area contributed by atoms with Gasteiger partial charge >= 0.3 is 12.0 Å². The van der Waals surface area contributed by atoms with Gasteiger partial charge in [-0.25, -0.2) is 14.6 Å². The first-order valence-corrected chi connectivity index (χ1v) is 13.9. The highest BCUT2D eigenvalue weighted by Crippen LogP contribution is 2.36. The van der Waals surface area contributed by atoms with E-state index in [9.17, 15) is 9.59 Å². The number of nitrogens with zero attached hydrogens (tertiary/aromatic N) is 2. The molecule has 0 bridgehead atoms. The van der Waals surface area contributed by atoms with E-state index in [1.165, 1.54) is 32.8 Å². The maximum absolute atomic E-state index is 13.0. The third-order valence-electron chi connectivity index (χ3n) is 7.93. The molecule has 1 saturated heterocycles. The van der Waals surface area contributed by atoms with Crippen LogP contribution in [0.4, 0.5) is 4.79 Å². The Morgan fingerprint density at radius 3 is 2.41 bits per heavy atom. The van der Waals surface area contributed by atoms with Crippen molar-refractivity contribution in [3.05, 3.63) is 71.6 Å². The summed E-state index contributed by atoms with van der Waals surface area (Å²) in [5.74, 6) is 2.86.